The molecule has 3 nitrogen and oxygen atoms in total. The fourth-order valence-corrected chi connectivity index (χ4v) is 4.71. The molecule has 0 saturated carbocycles. The molecule has 0 bridgehead atoms. The number of amides is 1. The SMILES string of the molecule is CCCC(C(=O)Nc1c(C)cc(OC)cc1C)[PH](C)(C)C. The topological polar surface area (TPSA) is 38.3 Å². The van der Waals surface area contributed by atoms with E-state index in [1.54, 1.807) is 7.11 Å². The second kappa shape index (κ2) is 7.26. The van der Waals surface area contributed by atoms with E-state index in [0.29, 0.717) is 0 Å². The van der Waals surface area contributed by atoms with Crippen molar-refractivity contribution >= 4 is 18.9 Å². The molecule has 0 heterocycles. The Labute approximate surface area is 129 Å². The van der Waals surface area contributed by atoms with E-state index in [-0.39, 0.29) is 11.6 Å². The van der Waals surface area contributed by atoms with Crippen LogP contribution in [0.15, 0.2) is 12.1 Å². The first kappa shape index (κ1) is 18.0. The van der Waals surface area contributed by atoms with Crippen molar-refractivity contribution < 1.29 is 9.53 Å². The molecule has 1 N–H and O–H groups in total. The first-order chi connectivity index (χ1) is 9.70. The standard InChI is InChI=1S/C17H30NO2P/c1-8-9-15(21(5,6)7)17(19)18-16-12(2)10-14(20-4)11-13(16)3/h10-11,15,21H,8-9H2,1-7H3,(H,18,19). The van der Waals surface area contributed by atoms with Crippen LogP contribution >= 0.6 is 7.26 Å². The summed E-state index contributed by atoms with van der Waals surface area (Å²) in [5.41, 5.74) is 3.18. The van der Waals surface area contributed by atoms with Crippen molar-refractivity contribution in [3.8, 4) is 5.75 Å². The van der Waals surface area contributed by atoms with Gasteiger partial charge >= 0.3 is 129 Å². The van der Waals surface area contributed by atoms with E-state index < -0.39 is 7.26 Å². The summed E-state index contributed by atoms with van der Waals surface area (Å²) >= 11 is 0. The number of methoxy groups -OCH3 is 1. The first-order valence-electron chi connectivity index (χ1n) is 7.66. The summed E-state index contributed by atoms with van der Waals surface area (Å²) in [6.07, 6.45) is 2.01. The van der Waals surface area contributed by atoms with Crippen molar-refractivity contribution in [2.45, 2.75) is 39.3 Å². The molecule has 0 aliphatic rings. The Hall–Kier alpha value is -1.08. The predicted octanol–water partition coefficient (Wildman–Crippen LogP) is 4.06. The van der Waals surface area contributed by atoms with Gasteiger partial charge in [0.25, 0.3) is 0 Å². The zero-order valence-corrected chi connectivity index (χ0v) is 15.5. The van der Waals surface area contributed by atoms with Crippen LogP contribution < -0.4 is 10.1 Å². The van der Waals surface area contributed by atoms with E-state index in [1.807, 2.05) is 26.0 Å². The van der Waals surface area contributed by atoms with Crippen LogP contribution in [0.2, 0.25) is 0 Å². The van der Waals surface area contributed by atoms with Crippen molar-refractivity contribution in [2.75, 3.05) is 32.4 Å². The number of aryl methyl sites for hydroxylation is 2. The molecule has 1 atom stereocenters. The van der Waals surface area contributed by atoms with E-state index in [1.165, 1.54) is 0 Å². The van der Waals surface area contributed by atoms with Crippen LogP contribution in [0.5, 0.6) is 5.75 Å². The quantitative estimate of drug-likeness (QED) is 0.805. The van der Waals surface area contributed by atoms with Gasteiger partial charge in [-0.25, -0.2) is 0 Å². The van der Waals surface area contributed by atoms with Crippen molar-refractivity contribution in [3.05, 3.63) is 23.3 Å². The average molecular weight is 311 g/mol. The predicted molar refractivity (Wildman–Crippen MR) is 95.9 cm³/mol. The van der Waals surface area contributed by atoms with Gasteiger partial charge in [0.1, 0.15) is 0 Å². The molecular weight excluding hydrogens is 281 g/mol. The third-order valence-electron chi connectivity index (χ3n) is 3.93. The van der Waals surface area contributed by atoms with E-state index in [0.717, 1.165) is 35.4 Å². The molecule has 0 fully saturated rings. The van der Waals surface area contributed by atoms with Gasteiger partial charge in [-0.05, 0) is 0 Å². The van der Waals surface area contributed by atoms with Crippen molar-refractivity contribution in [3.63, 3.8) is 0 Å². The molecular formula is C17H30NO2P. The van der Waals surface area contributed by atoms with Gasteiger partial charge in [0.2, 0.25) is 0 Å². The summed E-state index contributed by atoms with van der Waals surface area (Å²) in [5, 5.41) is 3.16. The van der Waals surface area contributed by atoms with Crippen LogP contribution in [-0.4, -0.2) is 38.7 Å². The third kappa shape index (κ3) is 4.71. The van der Waals surface area contributed by atoms with Gasteiger partial charge in [-0.2, -0.15) is 0 Å². The third-order valence-corrected chi connectivity index (χ3v) is 6.57. The molecule has 0 radical (unpaired) electrons. The zero-order chi connectivity index (χ0) is 16.2. The summed E-state index contributed by atoms with van der Waals surface area (Å²) in [6, 6.07) is 3.93. The molecule has 0 aromatic heterocycles. The average Bonchev–Trinajstić information content (AvgIpc) is 2.38. The Morgan fingerprint density at radius 3 is 2.14 bits per heavy atom. The summed E-state index contributed by atoms with van der Waals surface area (Å²) in [5.74, 6) is 1.01. The second-order valence-corrected chi connectivity index (χ2v) is 12.3. The molecule has 1 aromatic carbocycles. The Balaban J connectivity index is 3.02. The first-order valence-corrected chi connectivity index (χ1v) is 11.2. The van der Waals surface area contributed by atoms with Crippen LogP contribution in [0.1, 0.15) is 30.9 Å². The Bertz CT molecular complexity index is 483. The maximum absolute atomic E-state index is 12.7. The number of hydrogen-bond donors (Lipinski definition) is 1. The number of carbonyl (C=O) groups is 1. The molecule has 0 aliphatic carbocycles. The normalized spacial score (nSPS) is 13.7. The molecule has 1 amide bonds. The minimum atomic E-state index is -1.51. The van der Waals surface area contributed by atoms with Gasteiger partial charge in [0, 0.05) is 0 Å². The summed E-state index contributed by atoms with van der Waals surface area (Å²) < 4.78 is 5.27. The van der Waals surface area contributed by atoms with Crippen LogP contribution in [0.25, 0.3) is 0 Å². The number of hydrogen-bond acceptors (Lipinski definition) is 2. The molecule has 0 spiro atoms. The number of carbonyl (C=O) groups excluding carboxylic acids is 1. The number of ether oxygens (including phenoxy) is 1. The van der Waals surface area contributed by atoms with Gasteiger partial charge in [-0.15, -0.1) is 0 Å². The zero-order valence-electron chi connectivity index (χ0n) is 14.5. The van der Waals surface area contributed by atoms with E-state index in [4.69, 9.17) is 4.74 Å². The number of anilines is 1. The fraction of sp³-hybridized carbons (Fsp3) is 0.588. The van der Waals surface area contributed by atoms with Crippen LogP contribution in [-0.2, 0) is 4.79 Å². The Morgan fingerprint density at radius 2 is 1.76 bits per heavy atom. The molecule has 1 aromatic rings. The van der Waals surface area contributed by atoms with Crippen LogP contribution in [0, 0.1) is 13.8 Å². The van der Waals surface area contributed by atoms with E-state index >= 15 is 0 Å². The van der Waals surface area contributed by atoms with Crippen LogP contribution in [0.3, 0.4) is 0 Å². The minimum absolute atomic E-state index is 0.156. The van der Waals surface area contributed by atoms with Gasteiger partial charge in [0.15, 0.2) is 0 Å². The Kier molecular flexibility index (Phi) is 6.22. The Morgan fingerprint density at radius 1 is 1.24 bits per heavy atom. The monoisotopic (exact) mass is 311 g/mol. The number of rotatable bonds is 6. The number of benzene rings is 1. The molecule has 0 saturated heterocycles. The maximum atomic E-state index is 12.7. The van der Waals surface area contributed by atoms with Crippen LogP contribution in [0.4, 0.5) is 5.69 Å². The summed E-state index contributed by atoms with van der Waals surface area (Å²) in [4.78, 5) is 12.7. The van der Waals surface area contributed by atoms with Gasteiger partial charge in [0.05, 0.1) is 0 Å². The van der Waals surface area contributed by atoms with Gasteiger partial charge in [-0.1, -0.05) is 0 Å². The van der Waals surface area contributed by atoms with Gasteiger partial charge in [-0.3, -0.25) is 0 Å². The molecule has 1 unspecified atom stereocenters. The van der Waals surface area contributed by atoms with Crippen molar-refractivity contribution in [1.29, 1.82) is 0 Å². The fourth-order valence-electron chi connectivity index (χ4n) is 2.70. The molecule has 21 heavy (non-hydrogen) atoms. The molecule has 1 rings (SSSR count). The molecule has 4 heteroatoms. The number of nitrogens with one attached hydrogen (secondary N) is 1. The summed E-state index contributed by atoms with van der Waals surface area (Å²) in [7, 11) is 0.148. The second-order valence-electron chi connectivity index (χ2n) is 6.83. The van der Waals surface area contributed by atoms with Gasteiger partial charge < -0.3 is 0 Å². The summed E-state index contributed by atoms with van der Waals surface area (Å²) in [6.45, 7) is 13.0. The van der Waals surface area contributed by atoms with Crippen molar-refractivity contribution in [1.82, 2.24) is 0 Å². The van der Waals surface area contributed by atoms with E-state index in [9.17, 15) is 4.79 Å². The molecule has 0 aliphatic heterocycles. The molecule has 120 valence electrons. The van der Waals surface area contributed by atoms with Crippen molar-refractivity contribution in [2.24, 2.45) is 0 Å². The van der Waals surface area contributed by atoms with E-state index in [2.05, 4.69) is 32.2 Å².